The zero-order valence-electron chi connectivity index (χ0n) is 9.74. The Balaban J connectivity index is 2.69. The van der Waals surface area contributed by atoms with Crippen LogP contribution in [-0.4, -0.2) is 33.6 Å². The van der Waals surface area contributed by atoms with Crippen LogP contribution in [0.15, 0.2) is 12.3 Å². The number of carbonyl (C=O) groups is 1. The van der Waals surface area contributed by atoms with E-state index in [0.29, 0.717) is 10.8 Å². The normalized spacial score (nSPS) is 12.2. The molecule has 1 heterocycles. The van der Waals surface area contributed by atoms with E-state index in [-0.39, 0.29) is 11.6 Å². The van der Waals surface area contributed by atoms with Gasteiger partial charge in [-0.15, -0.1) is 0 Å². The van der Waals surface area contributed by atoms with Crippen molar-refractivity contribution < 1.29 is 9.90 Å². The fourth-order valence-corrected chi connectivity index (χ4v) is 2.12. The highest BCUT2D eigenvalue weighted by molar-refractivity contribution is 7.99. The van der Waals surface area contributed by atoms with Gasteiger partial charge in [-0.2, -0.15) is 11.8 Å². The Hall–Kier alpha value is -0.940. The number of nitrogens with one attached hydrogen (secondary N) is 1. The average molecular weight is 275 g/mol. The molecule has 1 atom stereocenters. The highest BCUT2D eigenvalue weighted by atomic mass is 35.5. The van der Waals surface area contributed by atoms with Crippen LogP contribution in [0.5, 0.6) is 0 Å². The van der Waals surface area contributed by atoms with Gasteiger partial charge in [-0.3, -0.25) is 0 Å². The summed E-state index contributed by atoms with van der Waals surface area (Å²) >= 11 is 7.78. The number of nitrogens with zero attached hydrogens (tertiary/aromatic N) is 1. The molecule has 0 aliphatic heterocycles. The molecule has 0 fully saturated rings. The van der Waals surface area contributed by atoms with Crippen LogP contribution in [0.3, 0.4) is 0 Å². The molecule has 0 aliphatic rings. The molecule has 0 radical (unpaired) electrons. The summed E-state index contributed by atoms with van der Waals surface area (Å²) in [6, 6.07) is 1.64. The molecule has 1 aromatic rings. The van der Waals surface area contributed by atoms with Crippen molar-refractivity contribution in [2.75, 3.05) is 16.8 Å². The van der Waals surface area contributed by atoms with E-state index in [0.717, 1.165) is 11.5 Å². The Labute approximate surface area is 110 Å². The van der Waals surface area contributed by atoms with Crippen molar-refractivity contribution in [1.29, 1.82) is 0 Å². The van der Waals surface area contributed by atoms with E-state index in [1.54, 1.807) is 0 Å². The SMILES string of the molecule is CCSCC(C)Nc1ncc(C(=O)O)cc1Cl. The van der Waals surface area contributed by atoms with E-state index in [1.807, 2.05) is 18.7 Å². The third-order valence-corrected chi connectivity index (χ3v) is 3.48. The zero-order chi connectivity index (χ0) is 12.8. The number of hydrogen-bond donors (Lipinski definition) is 2. The number of pyridine rings is 1. The molecule has 1 unspecified atom stereocenters. The van der Waals surface area contributed by atoms with E-state index in [9.17, 15) is 4.79 Å². The van der Waals surface area contributed by atoms with E-state index in [4.69, 9.17) is 16.7 Å². The van der Waals surface area contributed by atoms with Crippen LogP contribution in [0.4, 0.5) is 5.82 Å². The number of aromatic carboxylic acids is 1. The van der Waals surface area contributed by atoms with Crippen LogP contribution in [0.25, 0.3) is 0 Å². The van der Waals surface area contributed by atoms with Crippen molar-refractivity contribution in [3.8, 4) is 0 Å². The molecule has 0 bridgehead atoms. The molecule has 0 saturated carbocycles. The quantitative estimate of drug-likeness (QED) is 0.835. The third-order valence-electron chi connectivity index (χ3n) is 2.04. The molecule has 0 aliphatic carbocycles. The maximum absolute atomic E-state index is 10.7. The van der Waals surface area contributed by atoms with Crippen LogP contribution < -0.4 is 5.32 Å². The van der Waals surface area contributed by atoms with Crippen molar-refractivity contribution in [2.24, 2.45) is 0 Å². The largest absolute Gasteiger partial charge is 0.478 e. The van der Waals surface area contributed by atoms with Crippen molar-refractivity contribution in [3.63, 3.8) is 0 Å². The van der Waals surface area contributed by atoms with Crippen LogP contribution in [0, 0.1) is 0 Å². The van der Waals surface area contributed by atoms with Gasteiger partial charge in [-0.25, -0.2) is 9.78 Å². The fourth-order valence-electron chi connectivity index (χ4n) is 1.23. The number of rotatable bonds is 6. The van der Waals surface area contributed by atoms with E-state index < -0.39 is 5.97 Å². The Kier molecular flexibility index (Phi) is 5.58. The summed E-state index contributed by atoms with van der Waals surface area (Å²) in [7, 11) is 0. The summed E-state index contributed by atoms with van der Waals surface area (Å²) in [5.74, 6) is 1.52. The number of carboxylic acids is 1. The van der Waals surface area contributed by atoms with Gasteiger partial charge in [-0.05, 0) is 18.7 Å². The maximum atomic E-state index is 10.7. The maximum Gasteiger partial charge on any atom is 0.337 e. The number of thioether (sulfide) groups is 1. The lowest BCUT2D eigenvalue weighted by Gasteiger charge is -2.14. The summed E-state index contributed by atoms with van der Waals surface area (Å²) in [5, 5.41) is 12.3. The summed E-state index contributed by atoms with van der Waals surface area (Å²) in [6.45, 7) is 4.13. The summed E-state index contributed by atoms with van der Waals surface area (Å²) in [6.07, 6.45) is 1.30. The van der Waals surface area contributed by atoms with Crippen molar-refractivity contribution in [2.45, 2.75) is 19.9 Å². The first kappa shape index (κ1) is 14.1. The predicted octanol–water partition coefficient (Wildman–Crippen LogP) is 2.99. The van der Waals surface area contributed by atoms with Gasteiger partial charge in [0.15, 0.2) is 0 Å². The standard InChI is InChI=1S/C11H15ClN2O2S/c1-3-17-6-7(2)14-10-9(12)4-8(5-13-10)11(15)16/h4-5,7H,3,6H2,1-2H3,(H,13,14)(H,15,16). The van der Waals surface area contributed by atoms with Crippen molar-refractivity contribution in [3.05, 3.63) is 22.8 Å². The number of anilines is 1. The van der Waals surface area contributed by atoms with Gasteiger partial charge in [0.25, 0.3) is 0 Å². The molecule has 0 aromatic carbocycles. The molecule has 0 amide bonds. The topological polar surface area (TPSA) is 62.2 Å². The fraction of sp³-hybridized carbons (Fsp3) is 0.455. The number of hydrogen-bond acceptors (Lipinski definition) is 4. The summed E-state index contributed by atoms with van der Waals surface area (Å²) < 4.78 is 0. The number of aromatic nitrogens is 1. The summed E-state index contributed by atoms with van der Waals surface area (Å²) in [4.78, 5) is 14.7. The average Bonchev–Trinajstić information content (AvgIpc) is 2.28. The van der Waals surface area contributed by atoms with Gasteiger partial charge < -0.3 is 10.4 Å². The van der Waals surface area contributed by atoms with Gasteiger partial charge >= 0.3 is 5.97 Å². The third kappa shape index (κ3) is 4.44. The lowest BCUT2D eigenvalue weighted by Crippen LogP contribution is -2.19. The second-order valence-electron chi connectivity index (χ2n) is 3.56. The van der Waals surface area contributed by atoms with Gasteiger partial charge in [-0.1, -0.05) is 18.5 Å². The number of carboxylic acid groups (broad SMARTS) is 1. The Morgan fingerprint density at radius 3 is 2.94 bits per heavy atom. The van der Waals surface area contributed by atoms with Crippen molar-refractivity contribution >= 4 is 35.1 Å². The minimum atomic E-state index is -1.03. The first-order chi connectivity index (χ1) is 8.04. The lowest BCUT2D eigenvalue weighted by atomic mass is 10.3. The molecule has 2 N–H and O–H groups in total. The molecule has 0 spiro atoms. The van der Waals surface area contributed by atoms with Gasteiger partial charge in [0.1, 0.15) is 5.82 Å². The molecular formula is C11H15ClN2O2S. The van der Waals surface area contributed by atoms with Crippen molar-refractivity contribution in [1.82, 2.24) is 4.98 Å². The molecule has 1 rings (SSSR count). The minimum Gasteiger partial charge on any atom is -0.478 e. The summed E-state index contributed by atoms with van der Waals surface area (Å²) in [5.41, 5.74) is 0.0936. The van der Waals surface area contributed by atoms with Crippen LogP contribution in [-0.2, 0) is 0 Å². The van der Waals surface area contributed by atoms with E-state index >= 15 is 0 Å². The second-order valence-corrected chi connectivity index (χ2v) is 5.29. The molecular weight excluding hydrogens is 260 g/mol. The first-order valence-electron chi connectivity index (χ1n) is 5.27. The van der Waals surface area contributed by atoms with Crippen LogP contribution in [0.2, 0.25) is 5.02 Å². The van der Waals surface area contributed by atoms with Gasteiger partial charge in [0.2, 0.25) is 0 Å². The van der Waals surface area contributed by atoms with E-state index in [1.165, 1.54) is 12.3 Å². The smallest absolute Gasteiger partial charge is 0.337 e. The monoisotopic (exact) mass is 274 g/mol. The first-order valence-corrected chi connectivity index (χ1v) is 6.81. The van der Waals surface area contributed by atoms with Crippen LogP contribution >= 0.6 is 23.4 Å². The highest BCUT2D eigenvalue weighted by Gasteiger charge is 2.10. The van der Waals surface area contributed by atoms with Gasteiger partial charge in [0.05, 0.1) is 10.6 Å². The molecule has 94 valence electrons. The molecule has 1 aromatic heterocycles. The van der Waals surface area contributed by atoms with Crippen LogP contribution in [0.1, 0.15) is 24.2 Å². The second kappa shape index (κ2) is 6.71. The van der Waals surface area contributed by atoms with Gasteiger partial charge in [0, 0.05) is 18.0 Å². The Bertz CT molecular complexity index is 401. The molecule has 4 nitrogen and oxygen atoms in total. The lowest BCUT2D eigenvalue weighted by molar-refractivity contribution is 0.0696. The Morgan fingerprint density at radius 2 is 2.41 bits per heavy atom. The predicted molar refractivity (Wildman–Crippen MR) is 72.3 cm³/mol. The Morgan fingerprint density at radius 1 is 1.71 bits per heavy atom. The number of halogens is 1. The molecule has 17 heavy (non-hydrogen) atoms. The van der Waals surface area contributed by atoms with E-state index in [2.05, 4.69) is 17.2 Å². The molecule has 0 saturated heterocycles. The highest BCUT2D eigenvalue weighted by Crippen LogP contribution is 2.21. The zero-order valence-corrected chi connectivity index (χ0v) is 11.3. The molecule has 6 heteroatoms. The minimum absolute atomic E-state index is 0.0936.